The van der Waals surface area contributed by atoms with E-state index in [0.29, 0.717) is 0 Å². The molecule has 0 spiro atoms. The van der Waals surface area contributed by atoms with E-state index in [0.717, 1.165) is 0 Å². The van der Waals surface area contributed by atoms with Crippen molar-refractivity contribution in [1.82, 2.24) is 0 Å². The SMILES string of the molecule is [Er+3].[Er+3].[Er+3].[Er+3].[O-][Si]([O-])([O-])[O-].[O-][Si]([O-])([O-])[O-].[O-][Si]([O-])([O-])[O-]. The standard InChI is InChI=1S/4Er.3O4Si/c;;;;3*1-5(2,3)4/q4*+3;3*-4. The van der Waals surface area contributed by atoms with Gasteiger partial charge < -0.3 is 84.7 Å². The quantitative estimate of drug-likeness (QED) is 0.205. The third kappa shape index (κ3) is 390. The van der Waals surface area contributed by atoms with Crippen molar-refractivity contribution in [1.29, 1.82) is 0 Å². The molecule has 0 saturated carbocycles. The van der Waals surface area contributed by atoms with Crippen LogP contribution in [0.5, 0.6) is 0 Å². The van der Waals surface area contributed by atoms with Gasteiger partial charge in [0.2, 0.25) is 0 Å². The Morgan fingerprint density at radius 1 is 0.263 bits per heavy atom. The zero-order chi connectivity index (χ0) is 13.5. The van der Waals surface area contributed by atoms with Crippen molar-refractivity contribution >= 4 is 27.1 Å². The van der Waals surface area contributed by atoms with Crippen LogP contribution in [0.15, 0.2) is 0 Å². The summed E-state index contributed by atoms with van der Waals surface area (Å²) in [6.45, 7) is 0. The minimum absolute atomic E-state index is 0. The second-order valence-corrected chi connectivity index (χ2v) is 4.50. The zero-order valence-electron chi connectivity index (χ0n) is 7.55. The molecule has 0 aromatic rings. The van der Waals surface area contributed by atoms with Crippen LogP contribution >= 0.6 is 0 Å². The number of rotatable bonds is 0. The maximum absolute atomic E-state index is 8.58. The summed E-state index contributed by atoms with van der Waals surface area (Å²) < 4.78 is 0. The smallest absolute Gasteiger partial charge is 0.894 e. The first kappa shape index (κ1) is 44.0. The van der Waals surface area contributed by atoms with Gasteiger partial charge in [-0.25, -0.2) is 0 Å². The molecule has 0 aromatic carbocycles. The maximum Gasteiger partial charge on any atom is 3.00 e. The molecule has 0 fully saturated rings. The Hall–Kier alpha value is 5.16. The van der Waals surface area contributed by atoms with Crippen molar-refractivity contribution in [3.05, 3.63) is 0 Å². The Kier molecular flexibility index (Phi) is 49.1. The van der Waals surface area contributed by atoms with E-state index in [1.807, 2.05) is 0 Å². The Morgan fingerprint density at radius 3 is 0.263 bits per heavy atom. The van der Waals surface area contributed by atoms with E-state index in [2.05, 4.69) is 0 Å². The van der Waals surface area contributed by atoms with E-state index < -0.39 is 27.1 Å². The predicted molar refractivity (Wildman–Crippen MR) is 17.3 cm³/mol. The van der Waals surface area contributed by atoms with E-state index in [1.165, 1.54) is 0 Å². The number of hydrogen-bond acceptors (Lipinski definition) is 12. The maximum atomic E-state index is 8.58. The van der Waals surface area contributed by atoms with E-state index in [-0.39, 0.29) is 149 Å². The normalized spacial score (nSPS) is 9.47. The molecule has 19 heavy (non-hydrogen) atoms. The first-order valence-corrected chi connectivity index (χ1v) is 7.35. The Bertz CT molecular complexity index is 100.0. The molecule has 0 atom stereocenters. The molecular formula is Er4O12Si3. The van der Waals surface area contributed by atoms with Crippen LogP contribution in [-0.4, -0.2) is 27.1 Å². The molecule has 0 aliphatic rings. The second-order valence-electron chi connectivity index (χ2n) is 1.50. The molecule has 0 heterocycles. The van der Waals surface area contributed by atoms with Crippen LogP contribution in [0.1, 0.15) is 0 Å². The third-order valence-corrected chi connectivity index (χ3v) is 0. The molecule has 0 aliphatic carbocycles. The molecule has 0 amide bonds. The molecule has 0 saturated heterocycles. The van der Waals surface area contributed by atoms with Gasteiger partial charge in [0.25, 0.3) is 0 Å². The minimum atomic E-state index is -5.61. The van der Waals surface area contributed by atoms with Crippen LogP contribution in [-0.2, 0) is 0 Å². The molecule has 0 N–H and O–H groups in total. The van der Waals surface area contributed by atoms with Crippen molar-refractivity contribution in [3.8, 4) is 0 Å². The van der Waals surface area contributed by atoms with Crippen LogP contribution in [0.2, 0.25) is 0 Å². The Morgan fingerprint density at radius 2 is 0.263 bits per heavy atom. The average Bonchev–Trinajstić information content (AvgIpc) is 1.41. The molecule has 0 rings (SSSR count). The average molecular weight is 945 g/mol. The molecule has 0 aliphatic heterocycles. The molecule has 0 unspecified atom stereocenters. The van der Waals surface area contributed by atoms with Gasteiger partial charge in [-0.3, -0.25) is 0 Å². The van der Waals surface area contributed by atoms with Crippen LogP contribution in [0.3, 0.4) is 0 Å². The van der Waals surface area contributed by atoms with Gasteiger partial charge >= 0.3 is 149 Å². The summed E-state index contributed by atoms with van der Waals surface area (Å²) in [5, 5.41) is 0. The van der Waals surface area contributed by atoms with Crippen LogP contribution in [0, 0.1) is 149 Å². The fraction of sp³-hybridized carbons (Fsp3) is 0. The summed E-state index contributed by atoms with van der Waals surface area (Å²) in [6.07, 6.45) is 0. The topological polar surface area (TPSA) is 277 Å². The summed E-state index contributed by atoms with van der Waals surface area (Å²) in [4.78, 5) is 103. The van der Waals surface area contributed by atoms with Gasteiger partial charge in [-0.05, 0) is 0 Å². The van der Waals surface area contributed by atoms with Gasteiger partial charge in [0.15, 0.2) is 0 Å². The summed E-state index contributed by atoms with van der Waals surface area (Å²) in [5.74, 6) is 0. The molecule has 19 heteroatoms. The molecular weight excluding hydrogens is 945 g/mol. The largest absolute Gasteiger partial charge is 3.00 e. The zero-order valence-corrected chi connectivity index (χ0v) is 18.0. The molecule has 0 aromatic heterocycles. The second kappa shape index (κ2) is 21.2. The monoisotopic (exact) mass is 940 g/mol. The van der Waals surface area contributed by atoms with Crippen LogP contribution < -0.4 is 57.5 Å². The van der Waals surface area contributed by atoms with Gasteiger partial charge in [-0.15, -0.1) is 0 Å². The molecule has 4 radical (unpaired) electrons. The summed E-state index contributed by atoms with van der Waals surface area (Å²) in [5.41, 5.74) is 0. The van der Waals surface area contributed by atoms with Crippen molar-refractivity contribution in [2.24, 2.45) is 0 Å². The Labute approximate surface area is 228 Å². The predicted octanol–water partition coefficient (Wildman–Crippen LogP) is -15.4. The minimum Gasteiger partial charge on any atom is -0.894 e. The van der Waals surface area contributed by atoms with Crippen LogP contribution in [0.4, 0.5) is 0 Å². The number of hydrogen-bond donors (Lipinski definition) is 0. The van der Waals surface area contributed by atoms with E-state index in [4.69, 9.17) is 57.5 Å². The summed E-state index contributed by atoms with van der Waals surface area (Å²) >= 11 is 0. The van der Waals surface area contributed by atoms with Gasteiger partial charge in [-0.2, -0.15) is 0 Å². The summed E-state index contributed by atoms with van der Waals surface area (Å²) in [7, 11) is -16.8. The van der Waals surface area contributed by atoms with Crippen molar-refractivity contribution in [3.63, 3.8) is 0 Å². The fourth-order valence-electron chi connectivity index (χ4n) is 0. The van der Waals surface area contributed by atoms with E-state index in [9.17, 15) is 0 Å². The molecule has 132 valence electrons. The van der Waals surface area contributed by atoms with Gasteiger partial charge in [0.05, 0.1) is 0 Å². The summed E-state index contributed by atoms with van der Waals surface area (Å²) in [6, 6.07) is 0. The van der Waals surface area contributed by atoms with Gasteiger partial charge in [0, 0.05) is 0 Å². The van der Waals surface area contributed by atoms with Gasteiger partial charge in [-0.1, -0.05) is 0 Å². The van der Waals surface area contributed by atoms with E-state index >= 15 is 0 Å². The molecule has 0 bridgehead atoms. The fourth-order valence-corrected chi connectivity index (χ4v) is 0. The third-order valence-electron chi connectivity index (χ3n) is 0. The van der Waals surface area contributed by atoms with Crippen molar-refractivity contribution in [2.45, 2.75) is 0 Å². The Balaban J connectivity index is -0.0000000206. The van der Waals surface area contributed by atoms with E-state index in [1.54, 1.807) is 0 Å². The van der Waals surface area contributed by atoms with Crippen molar-refractivity contribution < 1.29 is 207 Å². The van der Waals surface area contributed by atoms with Crippen molar-refractivity contribution in [2.75, 3.05) is 0 Å². The van der Waals surface area contributed by atoms with Gasteiger partial charge in [0.1, 0.15) is 0 Å². The first-order valence-electron chi connectivity index (χ1n) is 2.45. The van der Waals surface area contributed by atoms with Crippen LogP contribution in [0.25, 0.3) is 0 Å². The molecule has 12 nitrogen and oxygen atoms in total. The first-order chi connectivity index (χ1) is 6.00.